The molecule has 1 saturated heterocycles. The number of rotatable bonds is 7. The monoisotopic (exact) mass is 546 g/mol. The van der Waals surface area contributed by atoms with Crippen LogP contribution in [0.2, 0.25) is 0 Å². The third-order valence-electron chi connectivity index (χ3n) is 6.95. The molecule has 1 aromatic heterocycles. The van der Waals surface area contributed by atoms with E-state index in [1.165, 1.54) is 10.6 Å². The number of aromatic nitrogens is 2. The van der Waals surface area contributed by atoms with Crippen LogP contribution in [-0.2, 0) is 33.3 Å². The van der Waals surface area contributed by atoms with Crippen LogP contribution in [0, 0.1) is 0 Å². The number of sulfonamides is 1. The summed E-state index contributed by atoms with van der Waals surface area (Å²) in [4.78, 5) is 20.6. The first-order chi connectivity index (χ1) is 16.2. The number of hydrogen-bond acceptors (Lipinski definition) is 5. The molecule has 34 heavy (non-hydrogen) atoms. The van der Waals surface area contributed by atoms with Crippen molar-refractivity contribution in [3.63, 3.8) is 0 Å². The molecule has 0 aliphatic carbocycles. The van der Waals surface area contributed by atoms with Crippen LogP contribution in [-0.4, -0.2) is 59.2 Å². The first-order valence-electron chi connectivity index (χ1n) is 11.4. The molecule has 0 bridgehead atoms. The fraction of sp³-hybridized carbons (Fsp3) is 0.417. The van der Waals surface area contributed by atoms with Gasteiger partial charge in [-0.2, -0.15) is 0 Å². The minimum Gasteiger partial charge on any atom is -0.396 e. The van der Waals surface area contributed by atoms with Gasteiger partial charge in [-0.1, -0.05) is 34.1 Å². The molecule has 2 aliphatic rings. The number of anilines is 1. The lowest BCUT2D eigenvalue weighted by Crippen LogP contribution is -2.43. The van der Waals surface area contributed by atoms with Crippen molar-refractivity contribution in [1.29, 1.82) is 0 Å². The Morgan fingerprint density at radius 2 is 1.97 bits per heavy atom. The van der Waals surface area contributed by atoms with E-state index in [0.29, 0.717) is 32.5 Å². The summed E-state index contributed by atoms with van der Waals surface area (Å²) in [7, 11) is -3.39. The van der Waals surface area contributed by atoms with Gasteiger partial charge in [0.25, 0.3) is 0 Å². The quantitative estimate of drug-likeness (QED) is 0.459. The van der Waals surface area contributed by atoms with Crippen molar-refractivity contribution in [1.82, 2.24) is 13.9 Å². The van der Waals surface area contributed by atoms with Crippen molar-refractivity contribution in [3.8, 4) is 0 Å². The smallest absolute Gasteiger partial charge is 0.239 e. The van der Waals surface area contributed by atoms with Gasteiger partial charge in [0.2, 0.25) is 15.9 Å². The highest BCUT2D eigenvalue weighted by molar-refractivity contribution is 9.10. The van der Waals surface area contributed by atoms with Gasteiger partial charge in [-0.05, 0) is 49.1 Å². The summed E-state index contributed by atoms with van der Waals surface area (Å²) in [5, 5.41) is 9.25. The molecule has 1 N–H and O–H groups in total. The number of halogens is 1. The van der Waals surface area contributed by atoms with Gasteiger partial charge in [0.1, 0.15) is 5.82 Å². The van der Waals surface area contributed by atoms with Crippen LogP contribution >= 0.6 is 15.9 Å². The highest BCUT2D eigenvalue weighted by atomic mass is 79.9. The lowest BCUT2D eigenvalue weighted by atomic mass is 9.81. The second kappa shape index (κ2) is 8.75. The van der Waals surface area contributed by atoms with Crippen molar-refractivity contribution in [2.45, 2.75) is 37.8 Å². The number of amides is 1. The third kappa shape index (κ3) is 3.86. The molecule has 0 saturated carbocycles. The molecule has 5 rings (SSSR count). The number of imidazole rings is 1. The van der Waals surface area contributed by atoms with Crippen molar-refractivity contribution in [2.24, 2.45) is 0 Å². The Hall–Kier alpha value is -2.27. The maximum absolute atomic E-state index is 13.9. The molecule has 1 spiro atoms. The van der Waals surface area contributed by atoms with Gasteiger partial charge in [-0.25, -0.2) is 17.7 Å². The Bertz CT molecular complexity index is 1370. The van der Waals surface area contributed by atoms with Gasteiger partial charge in [0, 0.05) is 36.4 Å². The molecule has 2 aliphatic heterocycles. The Balaban J connectivity index is 1.54. The van der Waals surface area contributed by atoms with E-state index in [1.807, 2.05) is 42.5 Å². The molecule has 1 fully saturated rings. The molecule has 1 atom stereocenters. The standard InChI is InChI=1S/C24H27BrN4O4S/c1-34(32,33)27-12-10-24(16-27)18-6-2-3-7-20(18)29(23(24)31)15-22-26-19-14-17(25)8-9-21(19)28(22)11-4-5-13-30/h2-3,6-9,14,30H,4-5,10-13,15-16H2,1H3. The van der Waals surface area contributed by atoms with Crippen molar-refractivity contribution < 1.29 is 18.3 Å². The van der Waals surface area contributed by atoms with Crippen molar-refractivity contribution in [3.05, 3.63) is 58.3 Å². The second-order valence-corrected chi connectivity index (χ2v) is 12.0. The number of aliphatic hydroxyl groups excluding tert-OH is 1. The maximum atomic E-state index is 13.9. The highest BCUT2D eigenvalue weighted by Gasteiger charge is 2.55. The average Bonchev–Trinajstić information content (AvgIpc) is 3.45. The molecule has 2 aromatic carbocycles. The van der Waals surface area contributed by atoms with Crippen molar-refractivity contribution in [2.75, 3.05) is 30.9 Å². The number of carbonyl (C=O) groups is 1. The lowest BCUT2D eigenvalue weighted by Gasteiger charge is -2.24. The van der Waals surface area contributed by atoms with Crippen molar-refractivity contribution >= 4 is 48.6 Å². The minimum absolute atomic E-state index is 0.0741. The van der Waals surface area contributed by atoms with Crippen LogP contribution in [0.4, 0.5) is 5.69 Å². The predicted octanol–water partition coefficient (Wildman–Crippen LogP) is 3.02. The highest BCUT2D eigenvalue weighted by Crippen LogP contribution is 2.48. The van der Waals surface area contributed by atoms with Gasteiger partial charge >= 0.3 is 0 Å². The number of benzene rings is 2. The molecule has 0 radical (unpaired) electrons. The van der Waals surface area contributed by atoms with Gasteiger partial charge in [-0.3, -0.25) is 4.79 Å². The van der Waals surface area contributed by atoms with E-state index in [-0.39, 0.29) is 19.1 Å². The number of fused-ring (bicyclic) bond motifs is 3. The van der Waals surface area contributed by atoms with Crippen LogP contribution in [0.3, 0.4) is 0 Å². The zero-order valence-corrected chi connectivity index (χ0v) is 21.3. The van der Waals surface area contributed by atoms with Gasteiger partial charge in [0.15, 0.2) is 0 Å². The zero-order chi connectivity index (χ0) is 24.1. The SMILES string of the molecule is CS(=O)(=O)N1CCC2(C1)C(=O)N(Cc1nc3cc(Br)ccc3n1CCCCO)c1ccccc12. The van der Waals surface area contributed by atoms with Crippen LogP contribution in [0.15, 0.2) is 46.9 Å². The molecular formula is C24H27BrN4O4S. The summed E-state index contributed by atoms with van der Waals surface area (Å²) in [5.74, 6) is 0.694. The number of hydrogen-bond donors (Lipinski definition) is 1. The van der Waals surface area contributed by atoms with Gasteiger partial charge in [0.05, 0.1) is 29.2 Å². The van der Waals surface area contributed by atoms with Gasteiger partial charge < -0.3 is 14.6 Å². The topological polar surface area (TPSA) is 95.7 Å². The van der Waals surface area contributed by atoms with E-state index < -0.39 is 15.4 Å². The Kier molecular flexibility index (Phi) is 6.04. The maximum Gasteiger partial charge on any atom is 0.239 e. The summed E-state index contributed by atoms with van der Waals surface area (Å²) >= 11 is 3.51. The molecule has 3 aromatic rings. The summed E-state index contributed by atoms with van der Waals surface area (Å²) in [6, 6.07) is 13.6. The van der Waals surface area contributed by atoms with E-state index in [4.69, 9.17) is 4.98 Å². The summed E-state index contributed by atoms with van der Waals surface area (Å²) < 4.78 is 28.9. The first kappa shape index (κ1) is 23.5. The summed E-state index contributed by atoms with van der Waals surface area (Å²) in [6.07, 6.45) is 3.14. The number of para-hydroxylation sites is 1. The zero-order valence-electron chi connectivity index (χ0n) is 18.9. The Morgan fingerprint density at radius 1 is 1.18 bits per heavy atom. The van der Waals surface area contributed by atoms with E-state index in [2.05, 4.69) is 20.5 Å². The fourth-order valence-electron chi connectivity index (χ4n) is 5.25. The fourth-order valence-corrected chi connectivity index (χ4v) is 6.48. The molecule has 180 valence electrons. The third-order valence-corrected chi connectivity index (χ3v) is 8.69. The summed E-state index contributed by atoms with van der Waals surface area (Å²) in [6.45, 7) is 1.61. The molecule has 1 amide bonds. The van der Waals surface area contributed by atoms with Crippen LogP contribution in [0.5, 0.6) is 0 Å². The molecule has 1 unspecified atom stereocenters. The van der Waals surface area contributed by atoms with E-state index in [0.717, 1.165) is 39.0 Å². The van der Waals surface area contributed by atoms with Crippen LogP contribution in [0.25, 0.3) is 11.0 Å². The summed E-state index contributed by atoms with van der Waals surface area (Å²) in [5.41, 5.74) is 2.66. The average molecular weight is 547 g/mol. The first-order valence-corrected chi connectivity index (χ1v) is 14.0. The van der Waals surface area contributed by atoms with E-state index in [1.54, 1.807) is 4.90 Å². The van der Waals surface area contributed by atoms with E-state index >= 15 is 0 Å². The predicted molar refractivity (Wildman–Crippen MR) is 134 cm³/mol. The van der Waals surface area contributed by atoms with E-state index in [9.17, 15) is 18.3 Å². The number of aliphatic hydroxyl groups is 1. The molecular weight excluding hydrogens is 520 g/mol. The normalized spacial score (nSPS) is 20.7. The number of nitrogens with zero attached hydrogens (tertiary/aromatic N) is 4. The minimum atomic E-state index is -3.39. The number of aryl methyl sites for hydroxylation is 1. The number of carbonyl (C=O) groups excluding carboxylic acids is 1. The van der Waals surface area contributed by atoms with Gasteiger partial charge in [-0.15, -0.1) is 0 Å². The molecule has 10 heteroatoms. The molecule has 8 nitrogen and oxygen atoms in total. The Labute approximate surface area is 207 Å². The molecule has 3 heterocycles. The Morgan fingerprint density at radius 3 is 2.71 bits per heavy atom. The second-order valence-electron chi connectivity index (χ2n) is 9.08. The lowest BCUT2D eigenvalue weighted by molar-refractivity contribution is -0.122. The van der Waals surface area contributed by atoms with Crippen LogP contribution in [0.1, 0.15) is 30.7 Å². The van der Waals surface area contributed by atoms with Crippen LogP contribution < -0.4 is 4.90 Å². The largest absolute Gasteiger partial charge is 0.396 e. The number of unbranched alkanes of at least 4 members (excludes halogenated alkanes) is 1.